The Morgan fingerprint density at radius 3 is 2.62 bits per heavy atom. The van der Waals surface area contributed by atoms with Crippen molar-refractivity contribution in [1.29, 1.82) is 0 Å². The summed E-state index contributed by atoms with van der Waals surface area (Å²) >= 11 is 0. The number of nitrogens with zero attached hydrogens (tertiary/aromatic N) is 1. The number of fused-ring (bicyclic) bond motifs is 2. The quantitative estimate of drug-likeness (QED) is 0.683. The number of aryl methyl sites for hydroxylation is 1. The second kappa shape index (κ2) is 5.06. The highest BCUT2D eigenvalue weighted by molar-refractivity contribution is 7.89. The summed E-state index contributed by atoms with van der Waals surface area (Å²) in [4.78, 5) is 10.3. The molecule has 2 saturated carbocycles. The number of rotatable bonds is 4. The highest BCUT2D eigenvalue weighted by Crippen LogP contribution is 2.44. The van der Waals surface area contributed by atoms with Crippen LogP contribution in [0.1, 0.15) is 31.2 Å². The van der Waals surface area contributed by atoms with E-state index >= 15 is 0 Å². The minimum atomic E-state index is -3.71. The molecule has 2 aliphatic rings. The van der Waals surface area contributed by atoms with Gasteiger partial charge >= 0.3 is 0 Å². The first-order valence-corrected chi connectivity index (χ1v) is 8.62. The van der Waals surface area contributed by atoms with Crippen molar-refractivity contribution >= 4 is 15.7 Å². The molecule has 2 fully saturated rings. The summed E-state index contributed by atoms with van der Waals surface area (Å²) < 4.78 is 27.8. The van der Waals surface area contributed by atoms with Crippen molar-refractivity contribution in [3.63, 3.8) is 0 Å². The lowest BCUT2D eigenvalue weighted by Crippen LogP contribution is -2.38. The van der Waals surface area contributed by atoms with E-state index in [-0.39, 0.29) is 16.6 Å². The molecule has 0 amide bonds. The van der Waals surface area contributed by atoms with Crippen molar-refractivity contribution in [2.75, 3.05) is 0 Å². The normalized spacial score (nSPS) is 28.0. The van der Waals surface area contributed by atoms with Crippen LogP contribution in [0.25, 0.3) is 0 Å². The first-order valence-electron chi connectivity index (χ1n) is 7.14. The number of nitro groups is 1. The Bertz CT molecular complexity index is 686. The molecule has 1 aromatic carbocycles. The SMILES string of the molecule is Cc1ccc([N+](=O)[O-])cc1S(=O)(=O)N[C@@H]1C[C@H]2CC[C@H]1C2. The van der Waals surface area contributed by atoms with Crippen LogP contribution < -0.4 is 4.72 Å². The van der Waals surface area contributed by atoms with Crippen LogP contribution in [0, 0.1) is 28.9 Å². The molecule has 0 aromatic heterocycles. The third-order valence-corrected chi connectivity index (χ3v) is 6.35. The third kappa shape index (κ3) is 2.67. The third-order valence-electron chi connectivity index (χ3n) is 4.72. The van der Waals surface area contributed by atoms with Gasteiger partial charge in [-0.15, -0.1) is 0 Å². The molecule has 0 spiro atoms. The molecule has 3 atom stereocenters. The van der Waals surface area contributed by atoms with Gasteiger partial charge in [0.2, 0.25) is 10.0 Å². The van der Waals surface area contributed by atoms with Gasteiger partial charge in [0.1, 0.15) is 0 Å². The van der Waals surface area contributed by atoms with Crippen LogP contribution in [-0.2, 0) is 10.0 Å². The van der Waals surface area contributed by atoms with Gasteiger partial charge in [0.25, 0.3) is 5.69 Å². The average molecular weight is 310 g/mol. The number of hydrogen-bond acceptors (Lipinski definition) is 4. The van der Waals surface area contributed by atoms with Crippen LogP contribution in [0.4, 0.5) is 5.69 Å². The van der Waals surface area contributed by atoms with Crippen molar-refractivity contribution in [3.05, 3.63) is 33.9 Å². The van der Waals surface area contributed by atoms with E-state index in [1.54, 1.807) is 6.92 Å². The van der Waals surface area contributed by atoms with Crippen molar-refractivity contribution < 1.29 is 13.3 Å². The lowest BCUT2D eigenvalue weighted by Gasteiger charge is -2.23. The second-order valence-electron chi connectivity index (χ2n) is 6.11. The zero-order valence-electron chi connectivity index (χ0n) is 11.8. The van der Waals surface area contributed by atoms with Crippen molar-refractivity contribution in [2.45, 2.75) is 43.5 Å². The number of hydrogen-bond donors (Lipinski definition) is 1. The molecule has 0 aliphatic heterocycles. The maximum atomic E-state index is 12.5. The maximum absolute atomic E-state index is 12.5. The highest BCUT2D eigenvalue weighted by atomic mass is 32.2. The number of nitro benzene ring substituents is 1. The molecule has 0 heterocycles. The lowest BCUT2D eigenvalue weighted by molar-refractivity contribution is -0.385. The van der Waals surface area contributed by atoms with Crippen molar-refractivity contribution in [2.24, 2.45) is 11.8 Å². The van der Waals surface area contributed by atoms with Crippen LogP contribution in [-0.4, -0.2) is 19.4 Å². The summed E-state index contributed by atoms with van der Waals surface area (Å²) in [6.45, 7) is 1.65. The zero-order chi connectivity index (χ0) is 15.2. The predicted octanol–water partition coefficient (Wildman–Crippen LogP) is 2.37. The van der Waals surface area contributed by atoms with Gasteiger partial charge in [0.15, 0.2) is 0 Å². The fourth-order valence-electron chi connectivity index (χ4n) is 3.64. The monoisotopic (exact) mass is 310 g/mol. The summed E-state index contributed by atoms with van der Waals surface area (Å²) in [7, 11) is -3.71. The van der Waals surface area contributed by atoms with Gasteiger partial charge < -0.3 is 0 Å². The van der Waals surface area contributed by atoms with E-state index < -0.39 is 14.9 Å². The standard InChI is InChI=1S/C14H18N2O4S/c1-9-2-5-12(16(17)18)8-14(9)21(19,20)15-13-7-10-3-4-11(13)6-10/h2,5,8,10-11,13,15H,3-4,6-7H2,1H3/t10-,11-,13+/m0/s1. The molecule has 0 saturated heterocycles. The molecule has 7 heteroatoms. The Kier molecular flexibility index (Phi) is 3.49. The summed E-state index contributed by atoms with van der Waals surface area (Å²) in [5.74, 6) is 1.05. The smallest absolute Gasteiger partial charge is 0.258 e. The minimum Gasteiger partial charge on any atom is -0.258 e. The van der Waals surface area contributed by atoms with Gasteiger partial charge in [-0.25, -0.2) is 13.1 Å². The topological polar surface area (TPSA) is 89.3 Å². The first kappa shape index (κ1) is 14.5. The van der Waals surface area contributed by atoms with Gasteiger partial charge in [-0.3, -0.25) is 10.1 Å². The maximum Gasteiger partial charge on any atom is 0.270 e. The fraction of sp³-hybridized carbons (Fsp3) is 0.571. The molecule has 1 aromatic rings. The molecule has 21 heavy (non-hydrogen) atoms. The number of nitrogens with one attached hydrogen (secondary N) is 1. The fourth-order valence-corrected chi connectivity index (χ4v) is 5.23. The number of non-ortho nitro benzene ring substituents is 1. The summed E-state index contributed by atoms with van der Waals surface area (Å²) in [6, 6.07) is 3.93. The van der Waals surface area contributed by atoms with E-state index in [9.17, 15) is 18.5 Å². The van der Waals surface area contributed by atoms with E-state index in [1.807, 2.05) is 0 Å². The summed E-state index contributed by atoms with van der Waals surface area (Å²) in [6.07, 6.45) is 4.25. The largest absolute Gasteiger partial charge is 0.270 e. The van der Waals surface area contributed by atoms with Gasteiger partial charge in [-0.05, 0) is 43.6 Å². The molecule has 114 valence electrons. The Hall–Kier alpha value is -1.47. The van der Waals surface area contributed by atoms with Crippen molar-refractivity contribution in [3.8, 4) is 0 Å². The molecule has 6 nitrogen and oxygen atoms in total. The highest BCUT2D eigenvalue weighted by Gasteiger charge is 2.41. The number of benzene rings is 1. The zero-order valence-corrected chi connectivity index (χ0v) is 12.6. The van der Waals surface area contributed by atoms with Gasteiger partial charge in [-0.1, -0.05) is 12.5 Å². The molecular formula is C14H18N2O4S. The van der Waals surface area contributed by atoms with Crippen LogP contribution in [0.15, 0.2) is 23.1 Å². The average Bonchev–Trinajstić information content (AvgIpc) is 3.00. The Morgan fingerprint density at radius 2 is 2.05 bits per heavy atom. The van der Waals surface area contributed by atoms with E-state index in [0.29, 0.717) is 17.4 Å². The van der Waals surface area contributed by atoms with Crippen LogP contribution in [0.3, 0.4) is 0 Å². The van der Waals surface area contributed by atoms with Gasteiger partial charge in [0, 0.05) is 18.2 Å². The Balaban J connectivity index is 1.88. The summed E-state index contributed by atoms with van der Waals surface area (Å²) in [5.41, 5.74) is 0.324. The summed E-state index contributed by atoms with van der Waals surface area (Å²) in [5, 5.41) is 10.8. The molecule has 2 aliphatic carbocycles. The number of sulfonamides is 1. The molecule has 0 unspecified atom stereocenters. The van der Waals surface area contributed by atoms with E-state index in [1.165, 1.54) is 18.6 Å². The molecule has 1 N–H and O–H groups in total. The molecule has 0 radical (unpaired) electrons. The minimum absolute atomic E-state index is 0.0134. The van der Waals surface area contributed by atoms with Crippen LogP contribution in [0.5, 0.6) is 0 Å². The predicted molar refractivity (Wildman–Crippen MR) is 77.4 cm³/mol. The molecular weight excluding hydrogens is 292 g/mol. The van der Waals surface area contributed by atoms with E-state index in [0.717, 1.165) is 25.3 Å². The van der Waals surface area contributed by atoms with E-state index in [2.05, 4.69) is 4.72 Å². The second-order valence-corrected chi connectivity index (χ2v) is 7.79. The lowest BCUT2D eigenvalue weighted by atomic mass is 9.96. The molecule has 2 bridgehead atoms. The van der Waals surface area contributed by atoms with Crippen molar-refractivity contribution in [1.82, 2.24) is 4.72 Å². The Labute approximate surface area is 123 Å². The molecule has 3 rings (SSSR count). The van der Waals surface area contributed by atoms with Gasteiger partial charge in [0.05, 0.1) is 9.82 Å². The first-order chi connectivity index (χ1) is 9.87. The Morgan fingerprint density at radius 1 is 1.29 bits per heavy atom. The van der Waals surface area contributed by atoms with Crippen LogP contribution >= 0.6 is 0 Å². The van der Waals surface area contributed by atoms with E-state index in [4.69, 9.17) is 0 Å². The van der Waals surface area contributed by atoms with Crippen LogP contribution in [0.2, 0.25) is 0 Å². The van der Waals surface area contributed by atoms with Gasteiger partial charge in [-0.2, -0.15) is 0 Å².